The summed E-state index contributed by atoms with van der Waals surface area (Å²) >= 11 is 0. The molecule has 4 heteroatoms. The van der Waals surface area contributed by atoms with Crippen LogP contribution in [0, 0.1) is 11.3 Å². The van der Waals surface area contributed by atoms with Crippen molar-refractivity contribution in [1.29, 1.82) is 5.26 Å². The van der Waals surface area contributed by atoms with Crippen molar-refractivity contribution in [3.05, 3.63) is 11.5 Å². The Labute approximate surface area is 81.1 Å². The van der Waals surface area contributed by atoms with Gasteiger partial charge in [-0.1, -0.05) is 0 Å². The average molecular weight is 199 g/mol. The van der Waals surface area contributed by atoms with Crippen molar-refractivity contribution in [2.45, 2.75) is 33.5 Å². The molecule has 0 heterocycles. The highest BCUT2D eigenvalue weighted by Crippen LogP contribution is 2.13. The Kier molecular flexibility index (Phi) is 4.56. The van der Waals surface area contributed by atoms with E-state index in [1.54, 1.807) is 6.92 Å². The molecule has 0 atom stereocenters. The van der Waals surface area contributed by atoms with Gasteiger partial charge >= 0.3 is 0 Å². The summed E-state index contributed by atoms with van der Waals surface area (Å²) in [6.45, 7) is 10.3. The minimum Gasteiger partial charge on any atom is -0.535 e. The minimum absolute atomic E-state index is 0.320. The lowest BCUT2D eigenvalue weighted by Crippen LogP contribution is -2.25. The number of rotatable bonds is 4. The Morgan fingerprint density at radius 2 is 1.92 bits per heavy atom. The zero-order valence-corrected chi connectivity index (χ0v) is 9.97. The smallest absolute Gasteiger partial charge is 0.243 e. The molecule has 0 aromatic heterocycles. The van der Waals surface area contributed by atoms with Crippen molar-refractivity contribution in [3.63, 3.8) is 0 Å². The van der Waals surface area contributed by atoms with Gasteiger partial charge in [0.05, 0.1) is 6.61 Å². The summed E-state index contributed by atoms with van der Waals surface area (Å²) in [4.78, 5) is 0. The predicted octanol–water partition coefficient (Wildman–Crippen LogP) is 2.63. The molecule has 0 saturated carbocycles. The lowest BCUT2D eigenvalue weighted by Gasteiger charge is -2.19. The molecule has 0 saturated heterocycles. The van der Waals surface area contributed by atoms with E-state index in [0.717, 1.165) is 0 Å². The van der Waals surface area contributed by atoms with Gasteiger partial charge in [0.15, 0.2) is 0 Å². The maximum absolute atomic E-state index is 8.80. The maximum Gasteiger partial charge on any atom is 0.243 e. The fourth-order valence-corrected chi connectivity index (χ4v) is 1.56. The first-order valence-electron chi connectivity index (χ1n) is 4.33. The van der Waals surface area contributed by atoms with Crippen molar-refractivity contribution in [3.8, 4) is 6.07 Å². The number of hydrogen-bond donors (Lipinski definition) is 0. The Morgan fingerprint density at radius 3 is 2.23 bits per heavy atom. The number of nitrogens with zero attached hydrogens (tertiary/aromatic N) is 1. The Hall–Kier alpha value is -0.953. The van der Waals surface area contributed by atoms with Crippen molar-refractivity contribution < 1.29 is 9.16 Å². The lowest BCUT2D eigenvalue weighted by atomic mass is 10.4. The van der Waals surface area contributed by atoms with Gasteiger partial charge in [0, 0.05) is 0 Å². The van der Waals surface area contributed by atoms with E-state index in [9.17, 15) is 0 Å². The first-order chi connectivity index (χ1) is 5.90. The molecule has 3 nitrogen and oxygen atoms in total. The number of hydrogen-bond acceptors (Lipinski definition) is 3. The molecule has 0 amide bonds. The molecule has 13 heavy (non-hydrogen) atoms. The first kappa shape index (κ1) is 12.0. The van der Waals surface area contributed by atoms with E-state index in [0.29, 0.717) is 18.1 Å². The second-order valence-corrected chi connectivity index (χ2v) is 8.07. The van der Waals surface area contributed by atoms with Crippen LogP contribution in [-0.2, 0) is 9.16 Å². The molecule has 0 unspecified atom stereocenters. The number of ether oxygens (including phenoxy) is 1. The van der Waals surface area contributed by atoms with Gasteiger partial charge in [0.2, 0.25) is 14.1 Å². The monoisotopic (exact) mass is 199 g/mol. The molecule has 0 aromatic carbocycles. The third kappa shape index (κ3) is 5.31. The second-order valence-electron chi connectivity index (χ2n) is 3.64. The zero-order valence-electron chi connectivity index (χ0n) is 8.97. The van der Waals surface area contributed by atoms with Gasteiger partial charge in [-0.25, -0.2) is 0 Å². The molecule has 74 valence electrons. The van der Waals surface area contributed by atoms with E-state index in [2.05, 4.69) is 0 Å². The highest BCUT2D eigenvalue weighted by atomic mass is 28.4. The molecule has 0 aromatic rings. The van der Waals surface area contributed by atoms with Gasteiger partial charge in [-0.2, -0.15) is 5.26 Å². The second kappa shape index (κ2) is 4.93. The van der Waals surface area contributed by atoms with Crippen LogP contribution in [0.4, 0.5) is 0 Å². The molecule has 0 fully saturated rings. The summed E-state index contributed by atoms with van der Waals surface area (Å²) in [5.74, 6) is 0.897. The minimum atomic E-state index is -1.69. The fourth-order valence-electron chi connectivity index (χ4n) is 0.762. The largest absolute Gasteiger partial charge is 0.535 e. The summed E-state index contributed by atoms with van der Waals surface area (Å²) in [6, 6.07) is 2.01. The van der Waals surface area contributed by atoms with E-state index in [4.69, 9.17) is 14.4 Å². The maximum atomic E-state index is 8.80. The number of allylic oxidation sites excluding steroid dienone is 2. The Morgan fingerprint density at radius 1 is 1.38 bits per heavy atom. The highest BCUT2D eigenvalue weighted by Gasteiger charge is 2.19. The quantitative estimate of drug-likeness (QED) is 0.397. The van der Waals surface area contributed by atoms with E-state index in [1.165, 1.54) is 0 Å². The third-order valence-corrected chi connectivity index (χ3v) is 2.01. The zero-order chi connectivity index (χ0) is 10.5. The summed E-state index contributed by atoms with van der Waals surface area (Å²) in [6.07, 6.45) is 0. The van der Waals surface area contributed by atoms with Gasteiger partial charge in [0.25, 0.3) is 0 Å². The molecule has 0 bridgehead atoms. The molecule has 0 radical (unpaired) electrons. The number of nitriles is 1. The highest BCUT2D eigenvalue weighted by molar-refractivity contribution is 6.70. The van der Waals surface area contributed by atoms with Crippen LogP contribution in [0.2, 0.25) is 19.6 Å². The van der Waals surface area contributed by atoms with Crippen molar-refractivity contribution >= 4 is 8.32 Å². The van der Waals surface area contributed by atoms with Crippen LogP contribution in [0.1, 0.15) is 13.8 Å². The van der Waals surface area contributed by atoms with E-state index >= 15 is 0 Å². The standard InChI is InChI=1S/C9H17NO2Si/c1-6-11-8(2)9(7-10)12-13(3,4)5/h6H2,1-5H3/b9-8-. The Bertz CT molecular complexity index is 235. The van der Waals surface area contributed by atoms with Gasteiger partial charge in [-0.05, 0) is 33.5 Å². The average Bonchev–Trinajstić information content (AvgIpc) is 1.99. The summed E-state index contributed by atoms with van der Waals surface area (Å²) in [5.41, 5.74) is 0. The Balaban J connectivity index is 4.53. The van der Waals surface area contributed by atoms with Crippen LogP contribution in [0.5, 0.6) is 0 Å². The van der Waals surface area contributed by atoms with Crippen LogP contribution < -0.4 is 0 Å². The molecule has 0 rings (SSSR count). The predicted molar refractivity (Wildman–Crippen MR) is 54.4 cm³/mol. The lowest BCUT2D eigenvalue weighted by molar-refractivity contribution is 0.213. The molecule has 0 spiro atoms. The van der Waals surface area contributed by atoms with E-state index in [-0.39, 0.29) is 0 Å². The van der Waals surface area contributed by atoms with Crippen LogP contribution in [0.3, 0.4) is 0 Å². The van der Waals surface area contributed by atoms with Crippen molar-refractivity contribution in [2.75, 3.05) is 6.61 Å². The van der Waals surface area contributed by atoms with Gasteiger partial charge < -0.3 is 9.16 Å². The summed E-state index contributed by atoms with van der Waals surface area (Å²) in [7, 11) is -1.69. The molecule has 0 aliphatic heterocycles. The third-order valence-electron chi connectivity index (χ3n) is 1.19. The molecular formula is C9H17NO2Si. The van der Waals surface area contributed by atoms with Crippen LogP contribution in [0.15, 0.2) is 11.5 Å². The van der Waals surface area contributed by atoms with Gasteiger partial charge in [0.1, 0.15) is 11.8 Å². The first-order valence-corrected chi connectivity index (χ1v) is 7.74. The normalized spacial score (nSPS) is 12.9. The summed E-state index contributed by atoms with van der Waals surface area (Å²) in [5, 5.41) is 8.80. The van der Waals surface area contributed by atoms with Crippen LogP contribution in [0.25, 0.3) is 0 Å². The van der Waals surface area contributed by atoms with Gasteiger partial charge in [-0.15, -0.1) is 0 Å². The van der Waals surface area contributed by atoms with E-state index in [1.807, 2.05) is 32.6 Å². The van der Waals surface area contributed by atoms with Crippen LogP contribution >= 0.6 is 0 Å². The topological polar surface area (TPSA) is 42.2 Å². The molecular weight excluding hydrogens is 182 g/mol. The fraction of sp³-hybridized carbons (Fsp3) is 0.667. The SMILES string of the molecule is CCO/C(C)=C(/C#N)O[Si](C)(C)C. The summed E-state index contributed by atoms with van der Waals surface area (Å²) < 4.78 is 10.7. The molecule has 0 aliphatic rings. The van der Waals surface area contributed by atoms with Crippen molar-refractivity contribution in [1.82, 2.24) is 0 Å². The molecule has 0 aliphatic carbocycles. The van der Waals surface area contributed by atoms with Crippen molar-refractivity contribution in [2.24, 2.45) is 0 Å². The van der Waals surface area contributed by atoms with E-state index < -0.39 is 8.32 Å². The molecule has 0 N–H and O–H groups in total. The van der Waals surface area contributed by atoms with Crippen LogP contribution in [-0.4, -0.2) is 14.9 Å². The van der Waals surface area contributed by atoms with Gasteiger partial charge in [-0.3, -0.25) is 0 Å².